The van der Waals surface area contributed by atoms with E-state index < -0.39 is 17.7 Å². The van der Waals surface area contributed by atoms with Gasteiger partial charge in [-0.2, -0.15) is 13.8 Å². The standard InChI is InChI=1S/C34H38F3N3O3/c1-30(2,3)27-38-26(39-43-27)32-14-11-31(12-15-32,13-16-32)21-40(28(41)33-18-34(37,19-33)20-33)24-6-4-5-23(17-24)22-7-9-25(10-8-22)42-29(35)36/h4-10,17,29H,11-16,18-21H2,1-3H3. The van der Waals surface area contributed by atoms with Gasteiger partial charge in [0.25, 0.3) is 0 Å². The zero-order valence-corrected chi connectivity index (χ0v) is 25.0. The van der Waals surface area contributed by atoms with E-state index in [2.05, 4.69) is 30.7 Å². The Kier molecular flexibility index (Phi) is 6.32. The highest BCUT2D eigenvalue weighted by Gasteiger charge is 2.73. The number of ether oxygens (including phenoxy) is 1. The summed E-state index contributed by atoms with van der Waals surface area (Å²) in [5.74, 6) is 1.60. The van der Waals surface area contributed by atoms with Gasteiger partial charge in [0.15, 0.2) is 5.82 Å². The summed E-state index contributed by atoms with van der Waals surface area (Å²) < 4.78 is 50.0. The molecule has 0 spiro atoms. The second kappa shape index (κ2) is 9.57. The molecule has 0 N–H and O–H groups in total. The van der Waals surface area contributed by atoms with Crippen LogP contribution in [0.5, 0.6) is 5.75 Å². The van der Waals surface area contributed by atoms with Crippen LogP contribution in [0.1, 0.15) is 90.3 Å². The number of benzene rings is 2. The van der Waals surface area contributed by atoms with E-state index in [1.54, 1.807) is 12.1 Å². The minimum absolute atomic E-state index is 0.0228. The monoisotopic (exact) mass is 593 g/mol. The summed E-state index contributed by atoms with van der Waals surface area (Å²) in [4.78, 5) is 20.9. The van der Waals surface area contributed by atoms with Crippen LogP contribution < -0.4 is 9.64 Å². The molecule has 3 aromatic rings. The van der Waals surface area contributed by atoms with Gasteiger partial charge in [0.1, 0.15) is 11.4 Å². The SMILES string of the molecule is CC(C)(C)c1nc(C23CCC(CN(C(=O)C45CC(F)(C4)C5)c4cccc(-c5ccc(OC(F)F)cc5)c4)(CC2)CC3)no1. The number of nitrogens with zero attached hydrogens (tertiary/aromatic N) is 3. The number of hydrogen-bond acceptors (Lipinski definition) is 5. The summed E-state index contributed by atoms with van der Waals surface area (Å²) in [6, 6.07) is 14.3. The van der Waals surface area contributed by atoms with Crippen molar-refractivity contribution in [1.82, 2.24) is 10.1 Å². The lowest BCUT2D eigenvalue weighted by Gasteiger charge is -2.65. The lowest BCUT2D eigenvalue weighted by atomic mass is 9.41. The van der Waals surface area contributed by atoms with Crippen LogP contribution in [-0.4, -0.2) is 34.9 Å². The summed E-state index contributed by atoms with van der Waals surface area (Å²) in [7, 11) is 0. The van der Waals surface area contributed by atoms with Crippen LogP contribution in [0.2, 0.25) is 0 Å². The molecular weight excluding hydrogens is 555 g/mol. The van der Waals surface area contributed by atoms with Crippen LogP contribution in [0.3, 0.4) is 0 Å². The first-order chi connectivity index (χ1) is 20.3. The van der Waals surface area contributed by atoms with E-state index in [1.165, 1.54) is 12.1 Å². The Hall–Kier alpha value is -3.36. The summed E-state index contributed by atoms with van der Waals surface area (Å²) in [6.45, 7) is 3.92. The molecular formula is C34H38F3N3O3. The molecule has 1 aromatic heterocycles. The number of alkyl halides is 3. The van der Waals surface area contributed by atoms with E-state index in [9.17, 15) is 18.0 Å². The fraction of sp³-hybridized carbons (Fsp3) is 0.559. The molecule has 9 heteroatoms. The van der Waals surface area contributed by atoms with Crippen molar-refractivity contribution in [2.75, 3.05) is 11.4 Å². The quantitative estimate of drug-likeness (QED) is 0.264. The van der Waals surface area contributed by atoms with Crippen molar-refractivity contribution >= 4 is 11.6 Å². The van der Waals surface area contributed by atoms with E-state index in [-0.39, 0.29) is 27.9 Å². The van der Waals surface area contributed by atoms with Gasteiger partial charge in [-0.1, -0.05) is 50.2 Å². The first-order valence-electron chi connectivity index (χ1n) is 15.3. The van der Waals surface area contributed by atoms with Crippen molar-refractivity contribution in [3.05, 3.63) is 60.2 Å². The van der Waals surface area contributed by atoms with Gasteiger partial charge in [0.05, 0.1) is 5.41 Å². The van der Waals surface area contributed by atoms with Gasteiger partial charge in [-0.25, -0.2) is 4.39 Å². The molecule has 6 aliphatic rings. The van der Waals surface area contributed by atoms with Crippen molar-refractivity contribution in [3.8, 4) is 16.9 Å². The first-order valence-corrected chi connectivity index (χ1v) is 15.3. The van der Waals surface area contributed by atoms with Crippen molar-refractivity contribution < 1.29 is 27.2 Å². The van der Waals surface area contributed by atoms with Crippen LogP contribution in [0, 0.1) is 10.8 Å². The second-order valence-electron chi connectivity index (χ2n) is 14.8. The van der Waals surface area contributed by atoms with Gasteiger partial charge in [-0.3, -0.25) is 4.79 Å². The number of carbonyl (C=O) groups excluding carboxylic acids is 1. The van der Waals surface area contributed by atoms with Crippen LogP contribution in [0.15, 0.2) is 53.1 Å². The molecule has 1 amide bonds. The molecule has 1 heterocycles. The molecule has 228 valence electrons. The largest absolute Gasteiger partial charge is 0.435 e. The third kappa shape index (κ3) is 4.83. The number of rotatable bonds is 8. The molecule has 9 rings (SSSR count). The first kappa shape index (κ1) is 28.4. The highest BCUT2D eigenvalue weighted by atomic mass is 19.3. The lowest BCUT2D eigenvalue weighted by Crippen LogP contribution is -2.71. The molecule has 2 aromatic carbocycles. The predicted octanol–water partition coefficient (Wildman–Crippen LogP) is 8.15. The maximum atomic E-state index is 14.6. The van der Waals surface area contributed by atoms with E-state index in [1.807, 2.05) is 29.2 Å². The summed E-state index contributed by atoms with van der Waals surface area (Å²) >= 11 is 0. The highest BCUT2D eigenvalue weighted by Crippen LogP contribution is 2.70. The molecule has 6 aliphatic carbocycles. The van der Waals surface area contributed by atoms with E-state index in [0.29, 0.717) is 31.7 Å². The molecule has 6 fully saturated rings. The molecule has 43 heavy (non-hydrogen) atoms. The van der Waals surface area contributed by atoms with Gasteiger partial charge in [-0.05, 0) is 98.6 Å². The topological polar surface area (TPSA) is 68.5 Å². The molecule has 0 unspecified atom stereocenters. The average molecular weight is 594 g/mol. The predicted molar refractivity (Wildman–Crippen MR) is 156 cm³/mol. The van der Waals surface area contributed by atoms with Crippen molar-refractivity contribution in [2.24, 2.45) is 10.8 Å². The minimum atomic E-state index is -2.88. The second-order valence-corrected chi connectivity index (χ2v) is 14.8. The Morgan fingerprint density at radius 1 is 0.977 bits per heavy atom. The molecule has 0 radical (unpaired) electrons. The number of anilines is 1. The van der Waals surface area contributed by atoms with Gasteiger partial charge in [0.2, 0.25) is 11.8 Å². The van der Waals surface area contributed by atoms with Gasteiger partial charge in [0, 0.05) is 23.1 Å². The average Bonchev–Trinajstić information content (AvgIpc) is 3.47. The Labute approximate surface area is 250 Å². The van der Waals surface area contributed by atoms with Crippen LogP contribution >= 0.6 is 0 Å². The Morgan fingerprint density at radius 3 is 2.19 bits per heavy atom. The summed E-state index contributed by atoms with van der Waals surface area (Å²) in [5, 5.41) is 4.42. The van der Waals surface area contributed by atoms with Crippen LogP contribution in [0.25, 0.3) is 11.1 Å². The van der Waals surface area contributed by atoms with Crippen molar-refractivity contribution in [1.29, 1.82) is 0 Å². The maximum absolute atomic E-state index is 14.6. The van der Waals surface area contributed by atoms with Gasteiger partial charge in [-0.15, -0.1) is 0 Å². The fourth-order valence-corrected chi connectivity index (χ4v) is 8.05. The lowest BCUT2D eigenvalue weighted by molar-refractivity contribution is -0.211. The van der Waals surface area contributed by atoms with Gasteiger partial charge < -0.3 is 14.2 Å². The molecule has 6 nitrogen and oxygen atoms in total. The third-order valence-electron chi connectivity index (χ3n) is 10.7. The fourth-order valence-electron chi connectivity index (χ4n) is 8.05. The summed E-state index contributed by atoms with van der Waals surface area (Å²) in [5.41, 5.74) is 0.398. The van der Waals surface area contributed by atoms with Gasteiger partial charge >= 0.3 is 6.61 Å². The van der Waals surface area contributed by atoms with Crippen molar-refractivity contribution in [3.63, 3.8) is 0 Å². The molecule has 4 bridgehead atoms. The number of aromatic nitrogens is 2. The van der Waals surface area contributed by atoms with Crippen molar-refractivity contribution in [2.45, 2.75) is 102 Å². The maximum Gasteiger partial charge on any atom is 0.387 e. The van der Waals surface area contributed by atoms with E-state index in [0.717, 1.165) is 61.2 Å². The number of fused-ring (bicyclic) bond motifs is 3. The zero-order valence-electron chi connectivity index (χ0n) is 25.0. The highest BCUT2D eigenvalue weighted by molar-refractivity contribution is 6.00. The molecule has 0 atom stereocenters. The summed E-state index contributed by atoms with van der Waals surface area (Å²) in [6.07, 6.45) is 6.66. The smallest absolute Gasteiger partial charge is 0.387 e. The molecule has 0 saturated heterocycles. The number of carbonyl (C=O) groups is 1. The van der Waals surface area contributed by atoms with E-state index in [4.69, 9.17) is 9.51 Å². The Balaban J connectivity index is 1.14. The Morgan fingerprint density at radius 2 is 1.63 bits per heavy atom. The Bertz CT molecular complexity index is 1500. The molecule has 0 aliphatic heterocycles. The normalized spacial score (nSPS) is 31.0. The van der Waals surface area contributed by atoms with Crippen LogP contribution in [0.4, 0.5) is 18.9 Å². The number of amides is 1. The zero-order chi connectivity index (χ0) is 30.3. The number of halogens is 3. The molecule has 6 saturated carbocycles. The minimum Gasteiger partial charge on any atom is -0.435 e. The third-order valence-corrected chi connectivity index (χ3v) is 10.7. The number of hydrogen-bond donors (Lipinski definition) is 0. The van der Waals surface area contributed by atoms with E-state index >= 15 is 0 Å². The van der Waals surface area contributed by atoms with Crippen LogP contribution in [-0.2, 0) is 15.6 Å².